The minimum atomic E-state index is -1.44. The molecule has 1 saturated heterocycles. The quantitative estimate of drug-likeness (QED) is 0.157. The molecule has 236 valence electrons. The fourth-order valence-electron chi connectivity index (χ4n) is 5.10. The van der Waals surface area contributed by atoms with Crippen molar-refractivity contribution >= 4 is 40.4 Å². The third-order valence-electron chi connectivity index (χ3n) is 7.53. The number of pyridine rings is 1. The Morgan fingerprint density at radius 2 is 1.91 bits per heavy atom. The molecule has 1 aliphatic rings. The predicted octanol–water partition coefficient (Wildman–Crippen LogP) is 3.00. The molecule has 14 heteroatoms. The maximum absolute atomic E-state index is 14.1. The van der Waals surface area contributed by atoms with Crippen molar-refractivity contribution < 1.29 is 33.7 Å². The highest BCUT2D eigenvalue weighted by atomic mass is 35.5. The minimum Gasteiger partial charge on any atom is -0.480 e. The molecule has 5 N–H and O–H groups in total. The molecular formula is C31H32ClFN6O6. The van der Waals surface area contributed by atoms with Crippen LogP contribution in [0.4, 0.5) is 4.39 Å². The van der Waals surface area contributed by atoms with Crippen molar-refractivity contribution in [2.45, 2.75) is 38.0 Å². The molecule has 1 aliphatic heterocycles. The van der Waals surface area contributed by atoms with E-state index < -0.39 is 42.8 Å². The summed E-state index contributed by atoms with van der Waals surface area (Å²) in [6.45, 7) is 1.11. The van der Waals surface area contributed by atoms with Gasteiger partial charge in [-0.2, -0.15) is 0 Å². The molecule has 45 heavy (non-hydrogen) atoms. The second-order valence-electron chi connectivity index (χ2n) is 10.7. The number of carboxylic acid groups (broad SMARTS) is 1. The Kier molecular flexibility index (Phi) is 10.2. The molecular weight excluding hydrogens is 607 g/mol. The zero-order valence-electron chi connectivity index (χ0n) is 24.1. The molecule has 0 radical (unpaired) electrons. The number of nitrogens with zero attached hydrogens (tertiary/aromatic N) is 3. The molecule has 1 atom stereocenters. The lowest BCUT2D eigenvalue weighted by atomic mass is 9.93. The van der Waals surface area contributed by atoms with E-state index >= 15 is 0 Å². The van der Waals surface area contributed by atoms with E-state index in [4.69, 9.17) is 26.6 Å². The summed E-state index contributed by atoms with van der Waals surface area (Å²) in [6, 6.07) is 13.6. The molecule has 0 aliphatic carbocycles. The van der Waals surface area contributed by atoms with Gasteiger partial charge in [-0.3, -0.25) is 14.5 Å². The predicted molar refractivity (Wildman–Crippen MR) is 162 cm³/mol. The molecule has 12 nitrogen and oxygen atoms in total. The number of aliphatic hydroxyl groups is 1. The Morgan fingerprint density at radius 1 is 1.11 bits per heavy atom. The first-order valence-electron chi connectivity index (χ1n) is 14.3. The van der Waals surface area contributed by atoms with E-state index in [1.807, 2.05) is 12.1 Å². The normalized spacial score (nSPS) is 14.6. The number of amides is 2. The fourth-order valence-corrected chi connectivity index (χ4v) is 5.26. The zero-order valence-corrected chi connectivity index (χ0v) is 24.9. The SMILES string of the molecule is O=C(CNC(=O)c1ccc2nc(CN3CCC(c4cccc(OCc5ccc(Cl)cc5F)n4)CC3)[nH]c2c1)NC(CO)C(=O)O. The van der Waals surface area contributed by atoms with Gasteiger partial charge in [0.2, 0.25) is 11.8 Å². The van der Waals surface area contributed by atoms with Crippen LogP contribution in [0.3, 0.4) is 0 Å². The van der Waals surface area contributed by atoms with Gasteiger partial charge in [-0.15, -0.1) is 0 Å². The molecule has 4 aromatic rings. The summed E-state index contributed by atoms with van der Waals surface area (Å²) in [6.07, 6.45) is 1.79. The zero-order chi connectivity index (χ0) is 31.9. The van der Waals surface area contributed by atoms with E-state index in [1.54, 1.807) is 36.4 Å². The first-order chi connectivity index (χ1) is 21.7. The number of piperidine rings is 1. The Hall–Kier alpha value is -4.59. The molecule has 0 spiro atoms. The van der Waals surface area contributed by atoms with Crippen LogP contribution in [0.5, 0.6) is 5.88 Å². The van der Waals surface area contributed by atoms with Gasteiger partial charge in [-0.1, -0.05) is 23.7 Å². The number of halogens is 2. The molecule has 5 rings (SSSR count). The van der Waals surface area contributed by atoms with Crippen LogP contribution in [0.2, 0.25) is 5.02 Å². The van der Waals surface area contributed by atoms with Crippen molar-refractivity contribution in [2.24, 2.45) is 0 Å². The number of aliphatic hydroxyl groups excluding tert-OH is 1. The van der Waals surface area contributed by atoms with Gasteiger partial charge in [0.1, 0.15) is 24.3 Å². The summed E-state index contributed by atoms with van der Waals surface area (Å²) in [5, 5.41) is 22.8. The van der Waals surface area contributed by atoms with Gasteiger partial charge in [0.15, 0.2) is 0 Å². The number of carbonyl (C=O) groups is 3. The molecule has 2 amide bonds. The largest absolute Gasteiger partial charge is 0.480 e. The number of hydrogen-bond donors (Lipinski definition) is 5. The number of hydrogen-bond acceptors (Lipinski definition) is 8. The summed E-state index contributed by atoms with van der Waals surface area (Å²) in [5.41, 5.74) is 3.01. The second-order valence-corrected chi connectivity index (χ2v) is 11.2. The molecule has 2 aromatic heterocycles. The van der Waals surface area contributed by atoms with Crippen LogP contribution in [-0.4, -0.2) is 80.1 Å². The summed E-state index contributed by atoms with van der Waals surface area (Å²) >= 11 is 5.83. The summed E-state index contributed by atoms with van der Waals surface area (Å²) in [4.78, 5) is 50.3. The van der Waals surface area contributed by atoms with Gasteiger partial charge in [-0.05, 0) is 62.3 Å². The van der Waals surface area contributed by atoms with Crippen LogP contribution in [0.1, 0.15) is 46.2 Å². The summed E-state index contributed by atoms with van der Waals surface area (Å²) < 4.78 is 19.9. The van der Waals surface area contributed by atoms with E-state index in [1.165, 1.54) is 6.07 Å². The van der Waals surface area contributed by atoms with E-state index in [0.29, 0.717) is 39.6 Å². The van der Waals surface area contributed by atoms with Crippen LogP contribution < -0.4 is 15.4 Å². The average molecular weight is 639 g/mol. The van der Waals surface area contributed by atoms with Crippen LogP contribution in [0, 0.1) is 5.82 Å². The van der Waals surface area contributed by atoms with Crippen LogP contribution in [0.25, 0.3) is 11.0 Å². The fraction of sp³-hybridized carbons (Fsp3) is 0.323. The lowest BCUT2D eigenvalue weighted by molar-refractivity contribution is -0.142. The van der Waals surface area contributed by atoms with Gasteiger partial charge < -0.3 is 30.6 Å². The summed E-state index contributed by atoms with van der Waals surface area (Å²) in [5.74, 6) is -1.59. The number of aromatic nitrogens is 3. The Morgan fingerprint density at radius 3 is 2.64 bits per heavy atom. The van der Waals surface area contributed by atoms with Crippen LogP contribution >= 0.6 is 11.6 Å². The van der Waals surface area contributed by atoms with Gasteiger partial charge in [-0.25, -0.2) is 19.2 Å². The first-order valence-corrected chi connectivity index (χ1v) is 14.7. The van der Waals surface area contributed by atoms with Gasteiger partial charge in [0, 0.05) is 33.8 Å². The van der Waals surface area contributed by atoms with Crippen molar-refractivity contribution in [3.8, 4) is 5.88 Å². The lowest BCUT2D eigenvalue weighted by Crippen LogP contribution is -2.47. The standard InChI is InChI=1S/C31H32ClFN6O6/c32-21-6-4-20(22(33)13-21)17-45-29-3-1-2-23(38-29)18-8-10-39(11-9-18)15-27-35-24-7-5-19(12-25(24)36-27)30(42)34-14-28(41)37-26(16-40)31(43)44/h1-7,12-13,18,26,40H,8-11,14-17H2,(H,34,42)(H,35,36)(H,37,41)(H,43,44). The van der Waals surface area contributed by atoms with E-state index in [-0.39, 0.29) is 12.5 Å². The highest BCUT2D eigenvalue weighted by Crippen LogP contribution is 2.29. The number of aromatic amines is 1. The summed E-state index contributed by atoms with van der Waals surface area (Å²) in [7, 11) is 0. The molecule has 0 bridgehead atoms. The van der Waals surface area contributed by atoms with E-state index in [0.717, 1.165) is 37.4 Å². The monoisotopic (exact) mass is 638 g/mol. The highest BCUT2D eigenvalue weighted by Gasteiger charge is 2.23. The number of imidazole rings is 1. The molecule has 1 unspecified atom stereocenters. The number of benzene rings is 2. The van der Waals surface area contributed by atoms with Crippen molar-refractivity contribution in [2.75, 3.05) is 26.2 Å². The highest BCUT2D eigenvalue weighted by molar-refractivity contribution is 6.30. The number of carbonyl (C=O) groups excluding carboxylic acids is 2. The first kappa shape index (κ1) is 31.8. The second kappa shape index (κ2) is 14.5. The number of likely N-dealkylation sites (tertiary alicyclic amines) is 1. The molecule has 1 fully saturated rings. The Balaban J connectivity index is 1.11. The third-order valence-corrected chi connectivity index (χ3v) is 7.77. The van der Waals surface area contributed by atoms with Crippen molar-refractivity contribution in [1.29, 1.82) is 0 Å². The van der Waals surface area contributed by atoms with E-state index in [9.17, 15) is 18.8 Å². The van der Waals surface area contributed by atoms with Crippen LogP contribution in [-0.2, 0) is 22.7 Å². The van der Waals surface area contributed by atoms with Gasteiger partial charge >= 0.3 is 5.97 Å². The number of carboxylic acids is 1. The Labute approximate surface area is 262 Å². The topological polar surface area (TPSA) is 170 Å². The maximum atomic E-state index is 14.1. The molecule has 0 saturated carbocycles. The Bertz CT molecular complexity index is 1690. The number of H-pyrrole nitrogens is 1. The average Bonchev–Trinajstić information content (AvgIpc) is 3.44. The number of rotatable bonds is 12. The third kappa shape index (κ3) is 8.32. The lowest BCUT2D eigenvalue weighted by Gasteiger charge is -2.31. The number of ether oxygens (including phenoxy) is 1. The van der Waals surface area contributed by atoms with E-state index in [2.05, 4.69) is 30.5 Å². The number of nitrogens with one attached hydrogen (secondary N) is 3. The maximum Gasteiger partial charge on any atom is 0.328 e. The van der Waals surface area contributed by atoms with Gasteiger partial charge in [0.05, 0.1) is 30.7 Å². The van der Waals surface area contributed by atoms with Gasteiger partial charge in [0.25, 0.3) is 5.91 Å². The number of aliphatic carboxylic acids is 1. The van der Waals surface area contributed by atoms with Crippen molar-refractivity contribution in [3.05, 3.63) is 88.1 Å². The van der Waals surface area contributed by atoms with Crippen LogP contribution in [0.15, 0.2) is 54.6 Å². The number of fused-ring (bicyclic) bond motifs is 1. The smallest absolute Gasteiger partial charge is 0.328 e. The van der Waals surface area contributed by atoms with Crippen molar-refractivity contribution in [3.63, 3.8) is 0 Å². The van der Waals surface area contributed by atoms with Crippen molar-refractivity contribution in [1.82, 2.24) is 30.5 Å². The molecule has 3 heterocycles. The minimum absolute atomic E-state index is 0.0547. The molecule has 2 aromatic carbocycles.